The first kappa shape index (κ1) is 37.6. The molecule has 1 aromatic carbocycles. The highest BCUT2D eigenvalue weighted by Gasteiger charge is 2.13. The molecular weight excluding hydrogens is 484 g/mol. The summed E-state index contributed by atoms with van der Waals surface area (Å²) in [5, 5.41) is 8.99. The van der Waals surface area contributed by atoms with Crippen molar-refractivity contribution in [3.63, 3.8) is 0 Å². The topological polar surface area (TPSA) is 47.9 Å². The second-order valence-corrected chi connectivity index (χ2v) is 13.6. The Morgan fingerprint density at radius 2 is 1.00 bits per heavy atom. The summed E-state index contributed by atoms with van der Waals surface area (Å²) in [6.07, 6.45) is 17.2. The predicted octanol–water partition coefficient (Wildman–Crippen LogP) is 10.5. The average molecular weight is 551 g/mol. The smallest absolute Gasteiger partial charge is 0.203 e. The SMILES string of the molecule is CC(C)CCCC(C)CCCC(C)CCCC(C)CCCC(C)(C)C.COc1cc(CO)cc(OC)c1OC. The van der Waals surface area contributed by atoms with Crippen molar-refractivity contribution < 1.29 is 19.3 Å². The van der Waals surface area contributed by atoms with Crippen molar-refractivity contribution in [1.29, 1.82) is 0 Å². The Morgan fingerprint density at radius 3 is 1.31 bits per heavy atom. The van der Waals surface area contributed by atoms with Crippen LogP contribution in [0.5, 0.6) is 17.2 Å². The van der Waals surface area contributed by atoms with Gasteiger partial charge >= 0.3 is 0 Å². The highest BCUT2D eigenvalue weighted by atomic mass is 16.5. The van der Waals surface area contributed by atoms with Gasteiger partial charge in [-0.3, -0.25) is 0 Å². The van der Waals surface area contributed by atoms with Crippen LogP contribution in [0.15, 0.2) is 12.1 Å². The number of ether oxygens (including phenoxy) is 3. The number of hydrogen-bond acceptors (Lipinski definition) is 4. The van der Waals surface area contributed by atoms with Crippen LogP contribution in [0.1, 0.15) is 138 Å². The van der Waals surface area contributed by atoms with E-state index in [-0.39, 0.29) is 6.61 Å². The molecule has 0 amide bonds. The van der Waals surface area contributed by atoms with Crippen molar-refractivity contribution in [2.24, 2.45) is 29.1 Å². The van der Waals surface area contributed by atoms with Gasteiger partial charge in [-0.2, -0.15) is 0 Å². The van der Waals surface area contributed by atoms with Gasteiger partial charge in [0, 0.05) is 0 Å². The molecule has 0 fully saturated rings. The molecule has 1 aromatic rings. The lowest BCUT2D eigenvalue weighted by molar-refractivity contribution is 0.277. The van der Waals surface area contributed by atoms with E-state index in [9.17, 15) is 0 Å². The molecular formula is C35H66O4. The van der Waals surface area contributed by atoms with Crippen LogP contribution in [0.3, 0.4) is 0 Å². The zero-order valence-corrected chi connectivity index (χ0v) is 27.8. The zero-order valence-electron chi connectivity index (χ0n) is 27.8. The summed E-state index contributed by atoms with van der Waals surface area (Å²) in [6.45, 7) is 19.1. The van der Waals surface area contributed by atoms with Crippen LogP contribution in [0.4, 0.5) is 0 Å². The summed E-state index contributed by atoms with van der Waals surface area (Å²) in [5.41, 5.74) is 1.24. The predicted molar refractivity (Wildman–Crippen MR) is 169 cm³/mol. The van der Waals surface area contributed by atoms with Gasteiger partial charge in [0.25, 0.3) is 0 Å². The summed E-state index contributed by atoms with van der Waals surface area (Å²) in [5.74, 6) is 5.32. The molecule has 3 unspecified atom stereocenters. The summed E-state index contributed by atoms with van der Waals surface area (Å²) in [4.78, 5) is 0. The maximum Gasteiger partial charge on any atom is 0.203 e. The van der Waals surface area contributed by atoms with Crippen LogP contribution < -0.4 is 14.2 Å². The molecule has 230 valence electrons. The molecule has 0 spiro atoms. The van der Waals surface area contributed by atoms with Crippen molar-refractivity contribution in [1.82, 2.24) is 0 Å². The third-order valence-electron chi connectivity index (χ3n) is 7.80. The molecule has 0 aliphatic rings. The van der Waals surface area contributed by atoms with Gasteiger partial charge in [-0.05, 0) is 53.2 Å². The Labute approximate surface area is 243 Å². The van der Waals surface area contributed by atoms with Gasteiger partial charge in [-0.25, -0.2) is 0 Å². The zero-order chi connectivity index (χ0) is 29.8. The van der Waals surface area contributed by atoms with Crippen LogP contribution in [0.25, 0.3) is 0 Å². The van der Waals surface area contributed by atoms with E-state index >= 15 is 0 Å². The first-order valence-electron chi connectivity index (χ1n) is 15.8. The van der Waals surface area contributed by atoms with Crippen LogP contribution in [-0.2, 0) is 6.61 Å². The van der Waals surface area contributed by atoms with Crippen LogP contribution in [0, 0.1) is 29.1 Å². The number of hydrogen-bond donors (Lipinski definition) is 1. The average Bonchev–Trinajstić information content (AvgIpc) is 2.87. The van der Waals surface area contributed by atoms with Crippen LogP contribution >= 0.6 is 0 Å². The van der Waals surface area contributed by atoms with E-state index < -0.39 is 0 Å². The molecule has 1 N–H and O–H groups in total. The fourth-order valence-electron chi connectivity index (χ4n) is 5.14. The molecule has 1 rings (SSSR count). The number of benzene rings is 1. The molecule has 0 bridgehead atoms. The van der Waals surface area contributed by atoms with E-state index in [1.807, 2.05) is 0 Å². The van der Waals surface area contributed by atoms with Gasteiger partial charge < -0.3 is 19.3 Å². The van der Waals surface area contributed by atoms with Crippen molar-refractivity contribution in [2.75, 3.05) is 21.3 Å². The highest BCUT2D eigenvalue weighted by molar-refractivity contribution is 5.53. The molecule has 0 aromatic heterocycles. The minimum Gasteiger partial charge on any atom is -0.493 e. The van der Waals surface area contributed by atoms with Crippen LogP contribution in [0.2, 0.25) is 0 Å². The lowest BCUT2D eigenvalue weighted by Crippen LogP contribution is -2.06. The molecule has 39 heavy (non-hydrogen) atoms. The van der Waals surface area contributed by atoms with E-state index in [1.165, 1.54) is 77.0 Å². The first-order valence-corrected chi connectivity index (χ1v) is 15.8. The quantitative estimate of drug-likeness (QED) is 0.186. The van der Waals surface area contributed by atoms with Gasteiger partial charge in [0.15, 0.2) is 11.5 Å². The molecule has 0 radical (unpaired) electrons. The number of aliphatic hydroxyl groups is 1. The lowest BCUT2D eigenvalue weighted by atomic mass is 9.86. The van der Waals surface area contributed by atoms with Gasteiger partial charge in [0.05, 0.1) is 27.9 Å². The Kier molecular flexibility index (Phi) is 20.6. The molecule has 4 heteroatoms. The molecule has 0 aliphatic heterocycles. The number of rotatable bonds is 19. The Bertz CT molecular complexity index is 697. The van der Waals surface area contributed by atoms with Crippen molar-refractivity contribution >= 4 is 0 Å². The summed E-state index contributed by atoms with van der Waals surface area (Å²) in [7, 11) is 4.62. The third-order valence-corrected chi connectivity index (χ3v) is 7.80. The minimum absolute atomic E-state index is 0.0588. The highest BCUT2D eigenvalue weighted by Crippen LogP contribution is 2.38. The van der Waals surface area contributed by atoms with Crippen molar-refractivity contribution in [3.8, 4) is 17.2 Å². The van der Waals surface area contributed by atoms with Gasteiger partial charge in [0.1, 0.15) is 0 Å². The molecule has 0 saturated heterocycles. The van der Waals surface area contributed by atoms with E-state index in [1.54, 1.807) is 33.5 Å². The maximum absolute atomic E-state index is 8.99. The third kappa shape index (κ3) is 19.3. The first-order chi connectivity index (χ1) is 18.4. The van der Waals surface area contributed by atoms with Crippen molar-refractivity contribution in [3.05, 3.63) is 17.7 Å². The lowest BCUT2D eigenvalue weighted by Gasteiger charge is -2.20. The van der Waals surface area contributed by atoms with E-state index in [0.717, 1.165) is 29.2 Å². The van der Waals surface area contributed by atoms with Gasteiger partial charge in [0.2, 0.25) is 5.75 Å². The van der Waals surface area contributed by atoms with E-state index in [2.05, 4.69) is 55.4 Å². The molecule has 4 nitrogen and oxygen atoms in total. The Morgan fingerprint density at radius 1 is 0.615 bits per heavy atom. The van der Waals surface area contributed by atoms with Crippen LogP contribution in [-0.4, -0.2) is 26.4 Å². The Balaban J connectivity index is 0.000000864. The minimum atomic E-state index is -0.0588. The molecule has 0 saturated carbocycles. The molecule has 0 aliphatic carbocycles. The summed E-state index contributed by atoms with van der Waals surface area (Å²) < 4.78 is 15.3. The fraction of sp³-hybridized carbons (Fsp3) is 0.829. The second kappa shape index (κ2) is 21.3. The van der Waals surface area contributed by atoms with E-state index in [0.29, 0.717) is 22.7 Å². The largest absolute Gasteiger partial charge is 0.493 e. The monoisotopic (exact) mass is 550 g/mol. The maximum atomic E-state index is 8.99. The number of methoxy groups -OCH3 is 3. The molecule has 3 atom stereocenters. The standard InChI is InChI=1S/C25H52.C10H14O4/c1-21(2)13-9-14-22(3)15-10-16-23(4)17-11-18-24(5)19-12-20-25(6,7)8;1-12-8-4-7(6-11)5-9(13-2)10(8)14-3/h21-24H,9-20H2,1-8H3;4-5,11H,6H2,1-3H3. The normalized spacial score (nSPS) is 13.9. The molecule has 0 heterocycles. The summed E-state index contributed by atoms with van der Waals surface area (Å²) >= 11 is 0. The Hall–Kier alpha value is -1.42. The second-order valence-electron chi connectivity index (χ2n) is 13.6. The number of aliphatic hydroxyl groups excluding tert-OH is 1. The fourth-order valence-corrected chi connectivity index (χ4v) is 5.14. The van der Waals surface area contributed by atoms with Gasteiger partial charge in [-0.1, -0.05) is 126 Å². The van der Waals surface area contributed by atoms with Crippen molar-refractivity contribution in [2.45, 2.75) is 139 Å². The summed E-state index contributed by atoms with van der Waals surface area (Å²) in [6, 6.07) is 3.42. The van der Waals surface area contributed by atoms with E-state index in [4.69, 9.17) is 19.3 Å². The van der Waals surface area contributed by atoms with Gasteiger partial charge in [-0.15, -0.1) is 0 Å².